The lowest BCUT2D eigenvalue weighted by Crippen LogP contribution is -2.24. The molecule has 17 heavy (non-hydrogen) atoms. The van der Waals surface area contributed by atoms with Crippen molar-refractivity contribution in [3.63, 3.8) is 0 Å². The van der Waals surface area contributed by atoms with Gasteiger partial charge in [0.25, 0.3) is 0 Å². The highest BCUT2D eigenvalue weighted by atomic mass is 28.3. The zero-order valence-corrected chi connectivity index (χ0v) is 11.1. The van der Waals surface area contributed by atoms with Crippen molar-refractivity contribution >= 4 is 9.53 Å². The zero-order valence-electron chi connectivity index (χ0n) is 9.91. The molecule has 0 saturated carbocycles. The molecule has 6 heteroatoms. The van der Waals surface area contributed by atoms with Gasteiger partial charge in [-0.15, -0.1) is 0 Å². The normalized spacial score (nSPS) is 11.1. The summed E-state index contributed by atoms with van der Waals surface area (Å²) < 4.78 is 40.8. The summed E-state index contributed by atoms with van der Waals surface area (Å²) in [7, 11) is 1.11. The lowest BCUT2D eigenvalue weighted by molar-refractivity contribution is 0.134. The molecule has 1 aromatic carbocycles. The number of halogens is 2. The molecule has 0 unspecified atom stereocenters. The van der Waals surface area contributed by atoms with Crippen molar-refractivity contribution in [2.75, 3.05) is 20.8 Å². The van der Waals surface area contributed by atoms with E-state index in [1.165, 1.54) is 20.3 Å². The van der Waals surface area contributed by atoms with Crippen LogP contribution in [0.4, 0.5) is 8.78 Å². The van der Waals surface area contributed by atoms with E-state index < -0.39 is 21.2 Å². The van der Waals surface area contributed by atoms with Gasteiger partial charge in [-0.25, -0.2) is 8.78 Å². The van der Waals surface area contributed by atoms with Crippen molar-refractivity contribution in [1.82, 2.24) is 0 Å². The van der Waals surface area contributed by atoms with Crippen LogP contribution in [0.3, 0.4) is 0 Å². The molecule has 0 aromatic heterocycles. The summed E-state index contributed by atoms with van der Waals surface area (Å²) >= 11 is 0. The molecule has 0 saturated heterocycles. The van der Waals surface area contributed by atoms with E-state index in [0.29, 0.717) is 19.4 Å². The highest BCUT2D eigenvalue weighted by Crippen LogP contribution is 2.10. The van der Waals surface area contributed by atoms with Crippen LogP contribution in [0.25, 0.3) is 0 Å². The Morgan fingerprint density at radius 2 is 1.82 bits per heavy atom. The number of benzene rings is 1. The fraction of sp³-hybridized carbons (Fsp3) is 0.455. The molecule has 0 spiro atoms. The van der Waals surface area contributed by atoms with Gasteiger partial charge < -0.3 is 13.3 Å². The van der Waals surface area contributed by atoms with Gasteiger partial charge in [-0.3, -0.25) is 0 Å². The quantitative estimate of drug-likeness (QED) is 0.555. The Hall–Kier alpha value is -0.823. The molecule has 0 heterocycles. The van der Waals surface area contributed by atoms with Crippen LogP contribution in [0.2, 0.25) is 0 Å². The number of hydrogen-bond acceptors (Lipinski definition) is 3. The van der Waals surface area contributed by atoms with Crippen LogP contribution in [-0.2, 0) is 19.7 Å². The lowest BCUT2D eigenvalue weighted by Gasteiger charge is -2.11. The average molecular weight is 262 g/mol. The standard InChI is InChI=1S/C11H16F2O3Si/c1-14-17(15-2)16-7-3-4-9-5-6-10(12)11(13)8-9/h5-6,8,17H,3-4,7H2,1-2H3. The molecular formula is C11H16F2O3Si. The molecule has 0 atom stereocenters. The molecule has 1 aromatic rings. The summed E-state index contributed by atoms with van der Waals surface area (Å²) in [5, 5.41) is 0. The van der Waals surface area contributed by atoms with Crippen LogP contribution in [0.1, 0.15) is 12.0 Å². The van der Waals surface area contributed by atoms with E-state index in [-0.39, 0.29) is 0 Å². The maximum atomic E-state index is 12.9. The third-order valence-corrected chi connectivity index (χ3v) is 3.51. The van der Waals surface area contributed by atoms with E-state index in [9.17, 15) is 8.78 Å². The molecule has 0 aliphatic rings. The maximum absolute atomic E-state index is 12.9. The maximum Gasteiger partial charge on any atom is 0.483 e. The molecule has 0 aliphatic heterocycles. The van der Waals surface area contributed by atoms with Crippen molar-refractivity contribution in [2.45, 2.75) is 12.8 Å². The Morgan fingerprint density at radius 1 is 1.12 bits per heavy atom. The summed E-state index contributed by atoms with van der Waals surface area (Å²) in [6.45, 7) is 0.484. The summed E-state index contributed by atoms with van der Waals surface area (Å²) in [5.74, 6) is -1.64. The van der Waals surface area contributed by atoms with Gasteiger partial charge >= 0.3 is 9.53 Å². The molecule has 0 aliphatic carbocycles. The number of aryl methyl sites for hydroxylation is 1. The SMILES string of the molecule is CO[SiH](OC)OCCCc1ccc(F)c(F)c1. The van der Waals surface area contributed by atoms with Gasteiger partial charge in [-0.1, -0.05) is 6.07 Å². The van der Waals surface area contributed by atoms with Gasteiger partial charge in [0.2, 0.25) is 0 Å². The Bertz CT molecular complexity index is 345. The van der Waals surface area contributed by atoms with Gasteiger partial charge in [-0.05, 0) is 30.5 Å². The van der Waals surface area contributed by atoms with Gasteiger partial charge in [-0.2, -0.15) is 0 Å². The summed E-state index contributed by atoms with van der Waals surface area (Å²) in [6.07, 6.45) is 1.34. The largest absolute Gasteiger partial charge is 0.483 e. The van der Waals surface area contributed by atoms with E-state index in [4.69, 9.17) is 13.3 Å². The van der Waals surface area contributed by atoms with Gasteiger partial charge in [0, 0.05) is 20.8 Å². The van der Waals surface area contributed by atoms with Crippen LogP contribution < -0.4 is 0 Å². The van der Waals surface area contributed by atoms with Crippen LogP contribution >= 0.6 is 0 Å². The summed E-state index contributed by atoms with van der Waals surface area (Å²) in [4.78, 5) is 0. The molecule has 0 radical (unpaired) electrons. The molecule has 0 amide bonds. The van der Waals surface area contributed by atoms with Crippen molar-refractivity contribution < 1.29 is 22.1 Å². The second-order valence-electron chi connectivity index (χ2n) is 3.48. The summed E-state index contributed by atoms with van der Waals surface area (Å²) in [5.41, 5.74) is 0.751. The first-order chi connectivity index (χ1) is 8.17. The molecule has 3 nitrogen and oxygen atoms in total. The second-order valence-corrected chi connectivity index (χ2v) is 5.34. The number of rotatable bonds is 7. The molecular weight excluding hydrogens is 246 g/mol. The Labute approximate surface area is 101 Å². The van der Waals surface area contributed by atoms with Crippen LogP contribution in [0.5, 0.6) is 0 Å². The van der Waals surface area contributed by atoms with Crippen LogP contribution in [-0.4, -0.2) is 30.4 Å². The Kier molecular flexibility index (Phi) is 6.28. The Morgan fingerprint density at radius 3 is 2.41 bits per heavy atom. The second kappa shape index (κ2) is 7.49. The van der Waals surface area contributed by atoms with Gasteiger partial charge in [0.05, 0.1) is 0 Å². The minimum atomic E-state index is -1.97. The third-order valence-electron chi connectivity index (χ3n) is 2.23. The molecule has 0 fully saturated rings. The minimum Gasteiger partial charge on any atom is -0.379 e. The smallest absolute Gasteiger partial charge is 0.379 e. The van der Waals surface area contributed by atoms with Crippen molar-refractivity contribution in [3.05, 3.63) is 35.4 Å². The predicted molar refractivity (Wildman–Crippen MR) is 61.8 cm³/mol. The van der Waals surface area contributed by atoms with Crippen molar-refractivity contribution in [2.24, 2.45) is 0 Å². The highest BCUT2D eigenvalue weighted by Gasteiger charge is 2.10. The molecule has 0 bridgehead atoms. The van der Waals surface area contributed by atoms with E-state index >= 15 is 0 Å². The van der Waals surface area contributed by atoms with E-state index in [1.54, 1.807) is 6.07 Å². The molecule has 0 N–H and O–H groups in total. The van der Waals surface area contributed by atoms with Crippen LogP contribution in [0.15, 0.2) is 18.2 Å². The first-order valence-electron chi connectivity index (χ1n) is 5.28. The fourth-order valence-corrected chi connectivity index (χ4v) is 2.21. The average Bonchev–Trinajstić information content (AvgIpc) is 2.34. The highest BCUT2D eigenvalue weighted by molar-refractivity contribution is 6.36. The first kappa shape index (κ1) is 14.2. The zero-order chi connectivity index (χ0) is 12.7. The van der Waals surface area contributed by atoms with Gasteiger partial charge in [0.1, 0.15) is 0 Å². The third kappa shape index (κ3) is 4.91. The lowest BCUT2D eigenvalue weighted by atomic mass is 10.1. The van der Waals surface area contributed by atoms with Gasteiger partial charge in [0.15, 0.2) is 11.6 Å². The minimum absolute atomic E-state index is 0.484. The van der Waals surface area contributed by atoms with Crippen molar-refractivity contribution in [3.8, 4) is 0 Å². The topological polar surface area (TPSA) is 27.7 Å². The predicted octanol–water partition coefficient (Wildman–Crippen LogP) is 1.92. The first-order valence-corrected chi connectivity index (χ1v) is 6.70. The van der Waals surface area contributed by atoms with E-state index in [0.717, 1.165) is 11.6 Å². The van der Waals surface area contributed by atoms with E-state index in [1.807, 2.05) is 0 Å². The molecule has 1 rings (SSSR count). The van der Waals surface area contributed by atoms with Crippen LogP contribution in [0, 0.1) is 11.6 Å². The number of hydrogen-bond donors (Lipinski definition) is 0. The van der Waals surface area contributed by atoms with Crippen molar-refractivity contribution in [1.29, 1.82) is 0 Å². The summed E-state index contributed by atoms with van der Waals surface area (Å²) in [6, 6.07) is 3.91. The fourth-order valence-electron chi connectivity index (χ4n) is 1.38. The van der Waals surface area contributed by atoms with E-state index in [2.05, 4.69) is 0 Å². The molecule has 96 valence electrons. The Balaban J connectivity index is 2.28. The monoisotopic (exact) mass is 262 g/mol.